The van der Waals surface area contributed by atoms with E-state index in [1.165, 1.54) is 12.4 Å². The summed E-state index contributed by atoms with van der Waals surface area (Å²) in [5.41, 5.74) is 1.46. The Kier molecular flexibility index (Phi) is 5.22. The Labute approximate surface area is 158 Å². The van der Waals surface area contributed by atoms with Crippen molar-refractivity contribution in [2.24, 2.45) is 0 Å². The number of halogens is 1. The molecule has 1 atom stereocenters. The van der Waals surface area contributed by atoms with Crippen LogP contribution in [0.1, 0.15) is 37.3 Å². The minimum atomic E-state index is -0.265. The molecule has 144 valence electrons. The molecule has 2 aliphatic heterocycles. The van der Waals surface area contributed by atoms with E-state index in [9.17, 15) is 9.18 Å². The fourth-order valence-corrected chi connectivity index (χ4v) is 4.01. The lowest BCUT2D eigenvalue weighted by molar-refractivity contribution is 0.162. The number of aromatic nitrogens is 3. The van der Waals surface area contributed by atoms with Crippen LogP contribution in [-0.4, -0.2) is 51.9 Å². The quantitative estimate of drug-likeness (QED) is 0.896. The third kappa shape index (κ3) is 3.89. The van der Waals surface area contributed by atoms with E-state index >= 15 is 0 Å². The molecule has 1 aromatic carbocycles. The van der Waals surface area contributed by atoms with Gasteiger partial charge in [0.2, 0.25) is 0 Å². The Hall–Kier alpha value is -2.64. The Morgan fingerprint density at radius 2 is 2.07 bits per heavy atom. The first-order valence-corrected chi connectivity index (χ1v) is 9.61. The molecule has 0 bridgehead atoms. The number of rotatable bonds is 4. The first kappa shape index (κ1) is 17.8. The van der Waals surface area contributed by atoms with Crippen LogP contribution in [0.5, 0.6) is 0 Å². The molecule has 2 amide bonds. The summed E-state index contributed by atoms with van der Waals surface area (Å²) in [6, 6.07) is 5.12. The van der Waals surface area contributed by atoms with E-state index in [0.717, 1.165) is 44.5 Å². The van der Waals surface area contributed by atoms with E-state index in [1.54, 1.807) is 17.3 Å². The van der Waals surface area contributed by atoms with Crippen LogP contribution in [-0.2, 0) is 6.54 Å². The van der Waals surface area contributed by atoms with Gasteiger partial charge in [0.15, 0.2) is 0 Å². The number of piperidine rings is 1. The normalized spacial score (nSPS) is 20.1. The van der Waals surface area contributed by atoms with Crippen LogP contribution in [0.15, 0.2) is 30.9 Å². The predicted molar refractivity (Wildman–Crippen MR) is 99.9 cm³/mol. The summed E-state index contributed by atoms with van der Waals surface area (Å²) in [5, 5.41) is 7.10. The van der Waals surface area contributed by atoms with E-state index in [2.05, 4.69) is 20.3 Å². The van der Waals surface area contributed by atoms with E-state index < -0.39 is 0 Å². The van der Waals surface area contributed by atoms with Crippen molar-refractivity contribution in [1.82, 2.24) is 25.0 Å². The van der Waals surface area contributed by atoms with E-state index in [1.807, 2.05) is 10.7 Å². The minimum Gasteiger partial charge on any atom is -0.371 e. The summed E-state index contributed by atoms with van der Waals surface area (Å²) in [7, 11) is 0. The molecule has 0 saturated carbocycles. The number of carbonyl (C=O) groups excluding carboxylic acids is 1. The number of hydrogen-bond donors (Lipinski definition) is 1. The lowest BCUT2D eigenvalue weighted by atomic mass is 10.1. The summed E-state index contributed by atoms with van der Waals surface area (Å²) in [6.45, 7) is 3.37. The van der Waals surface area contributed by atoms with Crippen LogP contribution in [0.2, 0.25) is 0 Å². The molecule has 1 N–H and O–H groups in total. The molecule has 0 radical (unpaired) electrons. The second kappa shape index (κ2) is 7.94. The Morgan fingerprint density at radius 3 is 2.85 bits per heavy atom. The third-order valence-corrected chi connectivity index (χ3v) is 5.45. The monoisotopic (exact) mass is 372 g/mol. The lowest BCUT2D eigenvalue weighted by Crippen LogP contribution is -2.46. The number of nitrogens with one attached hydrogen (secondary N) is 1. The van der Waals surface area contributed by atoms with Crippen LogP contribution in [0.25, 0.3) is 0 Å². The van der Waals surface area contributed by atoms with Gasteiger partial charge in [0.25, 0.3) is 0 Å². The number of amides is 2. The zero-order chi connectivity index (χ0) is 18.6. The fraction of sp³-hybridized carbons (Fsp3) is 0.526. The number of urea groups is 1. The molecule has 0 aliphatic carbocycles. The van der Waals surface area contributed by atoms with Gasteiger partial charge in [-0.3, -0.25) is 0 Å². The van der Waals surface area contributed by atoms with Gasteiger partial charge in [-0.1, -0.05) is 6.07 Å². The van der Waals surface area contributed by atoms with Crippen LogP contribution in [0.3, 0.4) is 0 Å². The number of benzene rings is 1. The van der Waals surface area contributed by atoms with Gasteiger partial charge in [0.1, 0.15) is 18.5 Å². The van der Waals surface area contributed by atoms with Gasteiger partial charge in [-0.15, -0.1) is 0 Å². The van der Waals surface area contributed by atoms with Crippen molar-refractivity contribution in [2.45, 2.75) is 38.3 Å². The Morgan fingerprint density at radius 1 is 1.22 bits per heavy atom. The molecule has 0 spiro atoms. The number of nitrogens with zero attached hydrogens (tertiary/aromatic N) is 5. The summed E-state index contributed by atoms with van der Waals surface area (Å²) in [4.78, 5) is 20.6. The van der Waals surface area contributed by atoms with Crippen molar-refractivity contribution in [1.29, 1.82) is 0 Å². The molecule has 1 aromatic heterocycles. The summed E-state index contributed by atoms with van der Waals surface area (Å²) < 4.78 is 16.2. The van der Waals surface area contributed by atoms with Crippen molar-refractivity contribution in [3.8, 4) is 0 Å². The summed E-state index contributed by atoms with van der Waals surface area (Å²) >= 11 is 0. The van der Waals surface area contributed by atoms with Crippen molar-refractivity contribution in [3.05, 3.63) is 42.2 Å². The molecule has 4 rings (SSSR count). The number of hydrogen-bond acceptors (Lipinski definition) is 4. The van der Waals surface area contributed by atoms with Crippen molar-refractivity contribution < 1.29 is 9.18 Å². The van der Waals surface area contributed by atoms with Crippen LogP contribution < -0.4 is 10.2 Å². The molecule has 7 nitrogen and oxygen atoms in total. The van der Waals surface area contributed by atoms with Crippen molar-refractivity contribution in [2.75, 3.05) is 31.1 Å². The molecule has 27 heavy (non-hydrogen) atoms. The largest absolute Gasteiger partial charge is 0.371 e. The summed E-state index contributed by atoms with van der Waals surface area (Å²) in [5.74, 6) is -0.265. The first-order valence-electron chi connectivity index (χ1n) is 9.61. The van der Waals surface area contributed by atoms with E-state index in [4.69, 9.17) is 0 Å². The van der Waals surface area contributed by atoms with Gasteiger partial charge in [-0.25, -0.2) is 18.9 Å². The highest BCUT2D eigenvalue weighted by atomic mass is 19.1. The molecule has 8 heteroatoms. The number of carbonyl (C=O) groups is 1. The molecule has 2 saturated heterocycles. The van der Waals surface area contributed by atoms with Gasteiger partial charge in [0.05, 0.1) is 6.04 Å². The zero-order valence-corrected chi connectivity index (χ0v) is 15.4. The molecular weight excluding hydrogens is 347 g/mol. The zero-order valence-electron chi connectivity index (χ0n) is 15.4. The van der Waals surface area contributed by atoms with Gasteiger partial charge >= 0.3 is 6.03 Å². The van der Waals surface area contributed by atoms with Crippen LogP contribution in [0, 0.1) is 5.82 Å². The molecule has 2 aliphatic rings. The molecule has 2 aromatic rings. The topological polar surface area (TPSA) is 66.3 Å². The average Bonchev–Trinajstić information content (AvgIpc) is 3.40. The maximum atomic E-state index is 14.4. The predicted octanol–water partition coefficient (Wildman–Crippen LogP) is 2.56. The molecule has 3 heterocycles. The van der Waals surface area contributed by atoms with Crippen LogP contribution >= 0.6 is 0 Å². The first-order chi connectivity index (χ1) is 13.2. The molecule has 1 unspecified atom stereocenters. The maximum Gasteiger partial charge on any atom is 0.317 e. The minimum absolute atomic E-state index is 0.139. The SMILES string of the molecule is O=C(NCc1c(F)cccc1N1CCCC1)N1CCCC(n2cncn2)C1. The maximum absolute atomic E-state index is 14.4. The van der Waals surface area contributed by atoms with Gasteiger partial charge in [-0.05, 0) is 37.8 Å². The van der Waals surface area contributed by atoms with Gasteiger partial charge < -0.3 is 15.1 Å². The molecule has 2 fully saturated rings. The van der Waals surface area contributed by atoms with Crippen molar-refractivity contribution in [3.63, 3.8) is 0 Å². The lowest BCUT2D eigenvalue weighted by Gasteiger charge is -2.32. The second-order valence-electron chi connectivity index (χ2n) is 7.21. The smallest absolute Gasteiger partial charge is 0.317 e. The standard InChI is InChI=1S/C19H25FN6O/c20-17-6-3-7-18(24-8-1-2-9-24)16(17)11-22-19(27)25-10-4-5-15(12-25)26-14-21-13-23-26/h3,6-7,13-15H,1-2,4-5,8-12H2,(H,22,27). The summed E-state index contributed by atoms with van der Waals surface area (Å²) in [6.07, 6.45) is 7.33. The highest BCUT2D eigenvalue weighted by Crippen LogP contribution is 2.27. The van der Waals surface area contributed by atoms with Crippen molar-refractivity contribution >= 4 is 11.7 Å². The molecular formula is C19H25FN6O. The van der Waals surface area contributed by atoms with Gasteiger partial charge in [-0.2, -0.15) is 5.10 Å². The van der Waals surface area contributed by atoms with Crippen LogP contribution in [0.4, 0.5) is 14.9 Å². The number of anilines is 1. The Bertz CT molecular complexity index is 775. The Balaban J connectivity index is 1.40. The van der Waals surface area contributed by atoms with E-state index in [-0.39, 0.29) is 24.4 Å². The highest BCUT2D eigenvalue weighted by Gasteiger charge is 2.26. The number of likely N-dealkylation sites (tertiary alicyclic amines) is 1. The highest BCUT2D eigenvalue weighted by molar-refractivity contribution is 5.74. The third-order valence-electron chi connectivity index (χ3n) is 5.45. The van der Waals surface area contributed by atoms with E-state index in [0.29, 0.717) is 18.7 Å². The van der Waals surface area contributed by atoms with Gasteiger partial charge in [0, 0.05) is 44.0 Å². The average molecular weight is 372 g/mol. The fourth-order valence-electron chi connectivity index (χ4n) is 4.01. The second-order valence-corrected chi connectivity index (χ2v) is 7.21.